The number of amides is 2. The molecule has 0 atom stereocenters. The van der Waals surface area contributed by atoms with Gasteiger partial charge in [0, 0.05) is 11.6 Å². The summed E-state index contributed by atoms with van der Waals surface area (Å²) in [6.45, 7) is 3.77. The fraction of sp³-hybridized carbons (Fsp3) is 0.200. The predicted octanol–water partition coefficient (Wildman–Crippen LogP) is 3.94. The van der Waals surface area contributed by atoms with Crippen LogP contribution in [-0.2, 0) is 4.79 Å². The van der Waals surface area contributed by atoms with Gasteiger partial charge in [-0.3, -0.25) is 34.7 Å². The zero-order valence-electron chi connectivity index (χ0n) is 16.9. The summed E-state index contributed by atoms with van der Waals surface area (Å²) in [5.74, 6) is -0.912. The molecule has 0 bridgehead atoms. The summed E-state index contributed by atoms with van der Waals surface area (Å²) in [7, 11) is 0. The average molecular weight is 459 g/mol. The Bertz CT molecular complexity index is 1180. The third kappa shape index (κ3) is 4.70. The van der Waals surface area contributed by atoms with Crippen LogP contribution in [0.1, 0.15) is 16.7 Å². The maximum absolute atomic E-state index is 12.6. The Kier molecular flexibility index (Phi) is 6.44. The molecule has 0 aliphatic carbocycles. The van der Waals surface area contributed by atoms with E-state index >= 15 is 0 Å². The van der Waals surface area contributed by atoms with Gasteiger partial charge in [0.1, 0.15) is 12.4 Å². The van der Waals surface area contributed by atoms with Gasteiger partial charge in [-0.2, -0.15) is 0 Å². The van der Waals surface area contributed by atoms with Crippen LogP contribution in [0.25, 0.3) is 6.08 Å². The largest absolute Gasteiger partial charge is 0.502 e. The number of nitrogens with zero attached hydrogens (tertiary/aromatic N) is 3. The fourth-order valence-electron chi connectivity index (χ4n) is 2.92. The molecule has 0 unspecified atom stereocenters. The number of benzene rings is 2. The van der Waals surface area contributed by atoms with E-state index in [0.717, 1.165) is 28.2 Å². The summed E-state index contributed by atoms with van der Waals surface area (Å²) in [6, 6.07) is 7.15. The lowest BCUT2D eigenvalue weighted by Gasteiger charge is -2.14. The second-order valence-corrected chi connectivity index (χ2v) is 7.86. The molecular formula is C20H17N3O8S. The van der Waals surface area contributed by atoms with Crippen molar-refractivity contribution in [2.75, 3.05) is 13.2 Å². The smallest absolute Gasteiger partial charge is 0.318 e. The molecule has 2 aromatic rings. The lowest BCUT2D eigenvalue weighted by Crippen LogP contribution is -2.32. The van der Waals surface area contributed by atoms with Crippen LogP contribution in [0.15, 0.2) is 35.2 Å². The van der Waals surface area contributed by atoms with Crippen molar-refractivity contribution in [2.24, 2.45) is 0 Å². The molecule has 1 heterocycles. The molecular weight excluding hydrogens is 442 g/mol. The lowest BCUT2D eigenvalue weighted by atomic mass is 10.1. The number of non-ortho nitro benzene ring substituents is 1. The van der Waals surface area contributed by atoms with Crippen LogP contribution in [0.5, 0.6) is 11.5 Å². The molecule has 166 valence electrons. The van der Waals surface area contributed by atoms with Gasteiger partial charge in [0.15, 0.2) is 0 Å². The molecule has 11 nitrogen and oxygen atoms in total. The van der Waals surface area contributed by atoms with E-state index in [2.05, 4.69) is 0 Å². The zero-order chi connectivity index (χ0) is 23.6. The van der Waals surface area contributed by atoms with E-state index in [-0.39, 0.29) is 23.6 Å². The molecule has 1 saturated heterocycles. The molecule has 1 aliphatic heterocycles. The van der Waals surface area contributed by atoms with Gasteiger partial charge in [-0.25, -0.2) is 0 Å². The normalized spacial score (nSPS) is 14.8. The van der Waals surface area contributed by atoms with Crippen molar-refractivity contribution in [1.82, 2.24) is 4.90 Å². The van der Waals surface area contributed by atoms with E-state index in [1.807, 2.05) is 32.0 Å². The van der Waals surface area contributed by atoms with Crippen molar-refractivity contribution in [3.63, 3.8) is 0 Å². The number of hydrogen-bond acceptors (Lipinski definition) is 9. The molecule has 2 aromatic carbocycles. The Morgan fingerprint density at radius 3 is 2.50 bits per heavy atom. The summed E-state index contributed by atoms with van der Waals surface area (Å²) < 4.78 is 5.67. The fourth-order valence-corrected chi connectivity index (χ4v) is 3.78. The van der Waals surface area contributed by atoms with Crippen LogP contribution in [-0.4, -0.2) is 44.2 Å². The second kappa shape index (κ2) is 9.06. The highest BCUT2D eigenvalue weighted by Gasteiger charge is 2.35. The molecule has 0 aromatic heterocycles. The van der Waals surface area contributed by atoms with E-state index < -0.39 is 38.1 Å². The second-order valence-electron chi connectivity index (χ2n) is 6.87. The van der Waals surface area contributed by atoms with E-state index in [1.165, 1.54) is 0 Å². The number of rotatable bonds is 7. The molecule has 12 heteroatoms. The third-order valence-electron chi connectivity index (χ3n) is 4.59. The van der Waals surface area contributed by atoms with Crippen LogP contribution in [0.4, 0.5) is 16.2 Å². The Morgan fingerprint density at radius 1 is 1.12 bits per heavy atom. The summed E-state index contributed by atoms with van der Waals surface area (Å²) in [4.78, 5) is 46.0. The van der Waals surface area contributed by atoms with Gasteiger partial charge >= 0.3 is 5.69 Å². The number of ether oxygens (including phenoxy) is 1. The number of aryl methyl sites for hydroxylation is 2. The number of phenolic OH excluding ortho intramolecular Hbond substituents is 1. The molecule has 0 saturated carbocycles. The summed E-state index contributed by atoms with van der Waals surface area (Å²) in [6.07, 6.45) is 1.02. The minimum absolute atomic E-state index is 0.0448. The van der Waals surface area contributed by atoms with Crippen molar-refractivity contribution in [1.29, 1.82) is 0 Å². The third-order valence-corrected chi connectivity index (χ3v) is 5.50. The number of phenols is 1. The topological polar surface area (TPSA) is 153 Å². The minimum Gasteiger partial charge on any atom is -0.502 e. The van der Waals surface area contributed by atoms with E-state index in [9.17, 15) is 34.9 Å². The monoisotopic (exact) mass is 459 g/mol. The Balaban J connectivity index is 1.80. The van der Waals surface area contributed by atoms with Crippen molar-refractivity contribution in [3.05, 3.63) is 72.2 Å². The minimum atomic E-state index is -0.976. The number of carbonyl (C=O) groups excluding carboxylic acids is 2. The molecule has 32 heavy (non-hydrogen) atoms. The number of hydrogen-bond donors (Lipinski definition) is 1. The van der Waals surface area contributed by atoms with Crippen molar-refractivity contribution in [2.45, 2.75) is 13.8 Å². The number of nitro groups is 2. The van der Waals surface area contributed by atoms with Crippen LogP contribution in [0, 0.1) is 34.1 Å². The van der Waals surface area contributed by atoms with Gasteiger partial charge in [0.2, 0.25) is 5.75 Å². The van der Waals surface area contributed by atoms with Gasteiger partial charge in [-0.15, -0.1) is 0 Å². The van der Waals surface area contributed by atoms with Crippen LogP contribution in [0.2, 0.25) is 0 Å². The number of aromatic hydroxyl groups is 1. The molecule has 3 rings (SSSR count). The van der Waals surface area contributed by atoms with Gasteiger partial charge < -0.3 is 9.84 Å². The summed E-state index contributed by atoms with van der Waals surface area (Å²) in [5.41, 5.74) is 0.0504. The first-order valence-corrected chi connectivity index (χ1v) is 10.0. The van der Waals surface area contributed by atoms with E-state index in [1.54, 1.807) is 0 Å². The maximum Gasteiger partial charge on any atom is 0.318 e. The lowest BCUT2D eigenvalue weighted by molar-refractivity contribution is -0.394. The van der Waals surface area contributed by atoms with Gasteiger partial charge in [-0.1, -0.05) is 12.1 Å². The Labute approximate surface area is 185 Å². The number of nitro benzene ring substituents is 2. The highest BCUT2D eigenvalue weighted by atomic mass is 32.2. The average Bonchev–Trinajstić information content (AvgIpc) is 2.98. The quantitative estimate of drug-likeness (QED) is 0.368. The first-order chi connectivity index (χ1) is 15.1. The number of imide groups is 1. The van der Waals surface area contributed by atoms with Gasteiger partial charge in [-0.05, 0) is 48.9 Å². The van der Waals surface area contributed by atoms with Crippen molar-refractivity contribution < 1.29 is 29.3 Å². The summed E-state index contributed by atoms with van der Waals surface area (Å²) in [5, 5.41) is 31.7. The molecule has 1 fully saturated rings. The molecule has 2 amide bonds. The zero-order valence-corrected chi connectivity index (χ0v) is 17.7. The van der Waals surface area contributed by atoms with Crippen molar-refractivity contribution >= 4 is 40.4 Å². The SMILES string of the molecule is Cc1ccc(C)c(OCCN2C(=O)S/C(=C\c3cc([N+](=O)[O-])cc([N+](=O)[O-])c3O)C2=O)c1. The van der Waals surface area contributed by atoms with Gasteiger partial charge in [0.25, 0.3) is 16.8 Å². The highest BCUT2D eigenvalue weighted by Crippen LogP contribution is 2.39. The maximum atomic E-state index is 12.6. The van der Waals surface area contributed by atoms with E-state index in [0.29, 0.717) is 23.6 Å². The highest BCUT2D eigenvalue weighted by molar-refractivity contribution is 8.18. The van der Waals surface area contributed by atoms with Gasteiger partial charge in [0.05, 0.1) is 27.4 Å². The van der Waals surface area contributed by atoms with Crippen LogP contribution >= 0.6 is 11.8 Å². The molecule has 0 spiro atoms. The first-order valence-electron chi connectivity index (χ1n) is 9.19. The molecule has 1 N–H and O–H groups in total. The number of carbonyl (C=O) groups is 2. The molecule has 0 radical (unpaired) electrons. The Hall–Kier alpha value is -3.93. The van der Waals surface area contributed by atoms with Crippen molar-refractivity contribution in [3.8, 4) is 11.5 Å². The van der Waals surface area contributed by atoms with Crippen LogP contribution in [0.3, 0.4) is 0 Å². The first kappa shape index (κ1) is 22.7. The number of thioether (sulfide) groups is 1. The Morgan fingerprint density at radius 2 is 1.84 bits per heavy atom. The predicted molar refractivity (Wildman–Crippen MR) is 116 cm³/mol. The standard InChI is InChI=1S/C20H17N3O8S/c1-11-3-4-12(2)16(7-11)31-6-5-21-19(25)17(32-20(21)26)9-13-8-14(22(27)28)10-15(18(13)24)23(29)30/h3-4,7-10,24H,5-6H2,1-2H3/b17-9-. The summed E-state index contributed by atoms with van der Waals surface area (Å²) >= 11 is 0.558. The van der Waals surface area contributed by atoms with E-state index in [4.69, 9.17) is 4.74 Å². The molecule has 1 aliphatic rings. The van der Waals surface area contributed by atoms with Crippen LogP contribution < -0.4 is 4.74 Å².